The van der Waals surface area contributed by atoms with Crippen LogP contribution in [0.15, 0.2) is 80.4 Å². The van der Waals surface area contributed by atoms with Gasteiger partial charge in [-0.1, -0.05) is 24.3 Å². The number of methoxy groups -OCH3 is 2. The first-order valence-electron chi connectivity index (χ1n) is 10.2. The molecule has 168 valence electrons. The fourth-order valence-electron chi connectivity index (χ4n) is 3.25. The highest BCUT2D eigenvalue weighted by atomic mass is 32.2. The number of amides is 1. The van der Waals surface area contributed by atoms with Gasteiger partial charge in [0.05, 0.1) is 38.1 Å². The number of hydrogen-bond acceptors (Lipinski definition) is 7. The minimum Gasteiger partial charge on any atom is -0.493 e. The molecule has 1 aromatic heterocycles. The van der Waals surface area contributed by atoms with Gasteiger partial charge in [-0.05, 0) is 71.8 Å². The van der Waals surface area contributed by atoms with Crippen molar-refractivity contribution >= 4 is 35.1 Å². The number of aryl methyl sites for hydroxylation is 1. The van der Waals surface area contributed by atoms with Crippen LogP contribution in [0.3, 0.4) is 0 Å². The average molecular weight is 462 g/mol. The monoisotopic (exact) mass is 461 g/mol. The molecule has 1 aliphatic rings. The quantitative estimate of drug-likeness (QED) is 0.278. The van der Waals surface area contributed by atoms with Crippen LogP contribution in [0.4, 0.5) is 0 Å². The van der Waals surface area contributed by atoms with Gasteiger partial charge in [0.15, 0.2) is 16.7 Å². The molecule has 4 rings (SSSR count). The Bertz CT molecular complexity index is 1230. The van der Waals surface area contributed by atoms with Crippen LogP contribution in [0.25, 0.3) is 6.08 Å². The summed E-state index contributed by atoms with van der Waals surface area (Å²) in [4.78, 5) is 15.3. The lowest BCUT2D eigenvalue weighted by molar-refractivity contribution is -0.122. The number of carbonyl (C=O) groups is 1. The van der Waals surface area contributed by atoms with Crippen LogP contribution < -0.4 is 9.47 Å². The van der Waals surface area contributed by atoms with Gasteiger partial charge in [-0.3, -0.25) is 9.69 Å². The van der Waals surface area contributed by atoms with Crippen molar-refractivity contribution in [2.45, 2.75) is 13.5 Å². The first-order chi connectivity index (χ1) is 16.1. The molecule has 2 heterocycles. The van der Waals surface area contributed by atoms with E-state index in [4.69, 9.17) is 13.9 Å². The minimum absolute atomic E-state index is 0.139. The van der Waals surface area contributed by atoms with Crippen LogP contribution >= 0.6 is 11.8 Å². The molecule has 0 unspecified atom stereocenters. The number of rotatable bonds is 7. The van der Waals surface area contributed by atoms with Gasteiger partial charge >= 0.3 is 0 Å². The maximum absolute atomic E-state index is 13.2. The molecule has 0 atom stereocenters. The molecule has 2 aromatic carbocycles. The zero-order valence-corrected chi connectivity index (χ0v) is 19.3. The van der Waals surface area contributed by atoms with E-state index >= 15 is 0 Å². The lowest BCUT2D eigenvalue weighted by Gasteiger charge is -2.12. The predicted molar refractivity (Wildman–Crippen MR) is 131 cm³/mol. The summed E-state index contributed by atoms with van der Waals surface area (Å²) in [6.45, 7) is 2.29. The first-order valence-corrected chi connectivity index (χ1v) is 11.0. The molecule has 3 aromatic rings. The standard InChI is InChI=1S/C25H23N3O4S/c1-17-7-4-5-8-19(17)14-23-24(29)28(16-20-9-6-12-32-20)25(33-23)27-26-15-18-10-11-21(30-2)22(13-18)31-3/h4-15H,16H2,1-3H3/b23-14-,26-15-,27-25+. The molecular weight excluding hydrogens is 438 g/mol. The van der Waals surface area contributed by atoms with Crippen LogP contribution in [0.1, 0.15) is 22.5 Å². The summed E-state index contributed by atoms with van der Waals surface area (Å²) in [5, 5.41) is 9.04. The highest BCUT2D eigenvalue weighted by molar-refractivity contribution is 8.18. The topological polar surface area (TPSA) is 76.6 Å². The molecule has 0 N–H and O–H groups in total. The average Bonchev–Trinajstić information content (AvgIpc) is 3.44. The number of ether oxygens (including phenoxy) is 2. The predicted octanol–water partition coefficient (Wildman–Crippen LogP) is 5.11. The molecule has 1 amide bonds. The molecule has 1 saturated heterocycles. The van der Waals surface area contributed by atoms with Crippen LogP contribution in [0.2, 0.25) is 0 Å². The third-order valence-electron chi connectivity index (χ3n) is 5.01. The molecule has 0 aliphatic carbocycles. The minimum atomic E-state index is -0.139. The van der Waals surface area contributed by atoms with E-state index in [0.29, 0.717) is 27.3 Å². The highest BCUT2D eigenvalue weighted by Gasteiger charge is 2.34. The van der Waals surface area contributed by atoms with Crippen molar-refractivity contribution < 1.29 is 18.7 Å². The zero-order valence-electron chi connectivity index (χ0n) is 18.5. The van der Waals surface area contributed by atoms with Crippen LogP contribution in [-0.2, 0) is 11.3 Å². The van der Waals surface area contributed by atoms with E-state index < -0.39 is 0 Å². The summed E-state index contributed by atoms with van der Waals surface area (Å²) >= 11 is 1.29. The van der Waals surface area contributed by atoms with Crippen molar-refractivity contribution in [2.24, 2.45) is 10.2 Å². The van der Waals surface area contributed by atoms with Crippen molar-refractivity contribution in [1.29, 1.82) is 0 Å². The molecule has 8 heteroatoms. The number of thioether (sulfide) groups is 1. The molecule has 33 heavy (non-hydrogen) atoms. The van der Waals surface area contributed by atoms with Gasteiger partial charge in [-0.2, -0.15) is 5.10 Å². The van der Waals surface area contributed by atoms with Gasteiger partial charge in [0.2, 0.25) is 0 Å². The molecule has 0 spiro atoms. The Morgan fingerprint density at radius 2 is 1.88 bits per heavy atom. The maximum atomic E-state index is 13.2. The summed E-state index contributed by atoms with van der Waals surface area (Å²) < 4.78 is 16.0. The number of carbonyl (C=O) groups excluding carboxylic acids is 1. The largest absolute Gasteiger partial charge is 0.493 e. The normalized spacial score (nSPS) is 16.3. The van der Waals surface area contributed by atoms with E-state index in [1.165, 1.54) is 11.8 Å². The second kappa shape index (κ2) is 10.2. The maximum Gasteiger partial charge on any atom is 0.267 e. The van der Waals surface area contributed by atoms with Crippen LogP contribution in [-0.4, -0.2) is 36.4 Å². The second-order valence-electron chi connectivity index (χ2n) is 7.18. The molecule has 1 aliphatic heterocycles. The highest BCUT2D eigenvalue weighted by Crippen LogP contribution is 2.34. The van der Waals surface area contributed by atoms with Gasteiger partial charge in [0.25, 0.3) is 5.91 Å². The van der Waals surface area contributed by atoms with E-state index in [-0.39, 0.29) is 12.5 Å². The third-order valence-corrected chi connectivity index (χ3v) is 6.01. The lowest BCUT2D eigenvalue weighted by atomic mass is 10.1. The van der Waals surface area contributed by atoms with Crippen molar-refractivity contribution in [3.8, 4) is 11.5 Å². The Balaban J connectivity index is 1.62. The summed E-state index contributed by atoms with van der Waals surface area (Å²) in [5.41, 5.74) is 2.87. The Morgan fingerprint density at radius 3 is 2.61 bits per heavy atom. The fourth-order valence-corrected chi connectivity index (χ4v) is 4.17. The van der Waals surface area contributed by atoms with Gasteiger partial charge in [-0.25, -0.2) is 0 Å². The van der Waals surface area contributed by atoms with Gasteiger partial charge in [0, 0.05) is 0 Å². The van der Waals surface area contributed by atoms with E-state index in [2.05, 4.69) is 10.2 Å². The summed E-state index contributed by atoms with van der Waals surface area (Å²) in [5.74, 6) is 1.76. The third kappa shape index (κ3) is 5.18. The SMILES string of the molecule is COc1ccc(/C=N\N=C2\S/C(=C\c3ccccc3C)C(=O)N2Cc2ccco2)cc1OC. The lowest BCUT2D eigenvalue weighted by Crippen LogP contribution is -2.28. The Hall–Kier alpha value is -3.78. The van der Waals surface area contributed by atoms with Crippen LogP contribution in [0.5, 0.6) is 11.5 Å². The molecule has 0 bridgehead atoms. The molecular formula is C25H23N3O4S. The van der Waals surface area contributed by atoms with Crippen molar-refractivity contribution in [2.75, 3.05) is 14.2 Å². The molecule has 7 nitrogen and oxygen atoms in total. The molecule has 1 fully saturated rings. The Labute approximate surface area is 196 Å². The first kappa shape index (κ1) is 22.4. The summed E-state index contributed by atoms with van der Waals surface area (Å²) in [6.07, 6.45) is 5.07. The van der Waals surface area contributed by atoms with Crippen molar-refractivity contribution in [3.63, 3.8) is 0 Å². The fraction of sp³-hybridized carbons (Fsp3) is 0.160. The van der Waals surface area contributed by atoms with E-state index in [1.54, 1.807) is 49.8 Å². The van der Waals surface area contributed by atoms with Gasteiger partial charge in [0.1, 0.15) is 5.76 Å². The number of furan rings is 1. The van der Waals surface area contributed by atoms with E-state index in [0.717, 1.165) is 16.7 Å². The molecule has 0 saturated carbocycles. The Kier molecular flexibility index (Phi) is 6.95. The number of amidine groups is 1. The van der Waals surface area contributed by atoms with Crippen molar-refractivity contribution in [3.05, 3.63) is 88.2 Å². The molecule has 0 radical (unpaired) electrons. The smallest absolute Gasteiger partial charge is 0.267 e. The second-order valence-corrected chi connectivity index (χ2v) is 8.19. The number of nitrogens with zero attached hydrogens (tertiary/aromatic N) is 3. The van der Waals surface area contributed by atoms with E-state index in [1.807, 2.05) is 49.4 Å². The van der Waals surface area contributed by atoms with Crippen LogP contribution in [0, 0.1) is 6.92 Å². The zero-order chi connectivity index (χ0) is 23.2. The van der Waals surface area contributed by atoms with E-state index in [9.17, 15) is 4.79 Å². The number of hydrogen-bond donors (Lipinski definition) is 0. The van der Waals surface area contributed by atoms with Gasteiger partial charge in [-0.15, -0.1) is 5.10 Å². The Morgan fingerprint density at radius 1 is 1.06 bits per heavy atom. The number of benzene rings is 2. The summed E-state index contributed by atoms with van der Waals surface area (Å²) in [7, 11) is 3.16. The van der Waals surface area contributed by atoms with Crippen molar-refractivity contribution in [1.82, 2.24) is 4.90 Å². The summed E-state index contributed by atoms with van der Waals surface area (Å²) in [6, 6.07) is 17.0. The van der Waals surface area contributed by atoms with Gasteiger partial charge < -0.3 is 13.9 Å².